The van der Waals surface area contributed by atoms with Crippen molar-refractivity contribution < 1.29 is 19.0 Å². The summed E-state index contributed by atoms with van der Waals surface area (Å²) in [5, 5.41) is 0. The third-order valence-corrected chi connectivity index (χ3v) is 2.40. The van der Waals surface area contributed by atoms with Crippen molar-refractivity contribution in [2.45, 2.75) is 12.5 Å². The summed E-state index contributed by atoms with van der Waals surface area (Å²) in [6.07, 6.45) is 0.622. The van der Waals surface area contributed by atoms with Crippen molar-refractivity contribution in [3.63, 3.8) is 0 Å². The molecular formula is C12H15NO4. The lowest BCUT2D eigenvalue weighted by Gasteiger charge is -2.11. The van der Waals surface area contributed by atoms with Gasteiger partial charge in [-0.1, -0.05) is 6.07 Å². The number of hydrogen-bond acceptors (Lipinski definition) is 5. The highest BCUT2D eigenvalue weighted by Crippen LogP contribution is 2.14. The molecule has 0 bridgehead atoms. The van der Waals surface area contributed by atoms with Gasteiger partial charge in [0.05, 0.1) is 13.2 Å². The predicted octanol–water partition coefficient (Wildman–Crippen LogP) is 0.980. The van der Waals surface area contributed by atoms with Gasteiger partial charge >= 0.3 is 5.97 Å². The molecule has 1 unspecified atom stereocenters. The molecule has 17 heavy (non-hydrogen) atoms. The first kappa shape index (κ1) is 11.7. The number of carbonyl (C=O) groups is 1. The Morgan fingerprint density at radius 3 is 3.12 bits per heavy atom. The number of anilines is 1. The van der Waals surface area contributed by atoms with Crippen molar-refractivity contribution in [3.05, 3.63) is 24.3 Å². The van der Waals surface area contributed by atoms with Crippen LogP contribution in [0.1, 0.15) is 6.42 Å². The Morgan fingerprint density at radius 1 is 1.53 bits per heavy atom. The molecule has 1 aliphatic heterocycles. The molecule has 1 saturated heterocycles. The van der Waals surface area contributed by atoms with Crippen LogP contribution >= 0.6 is 0 Å². The molecule has 0 aromatic heterocycles. The van der Waals surface area contributed by atoms with Crippen LogP contribution < -0.4 is 10.5 Å². The maximum absolute atomic E-state index is 11.4. The van der Waals surface area contributed by atoms with Gasteiger partial charge in [-0.15, -0.1) is 0 Å². The minimum Gasteiger partial charge on any atom is -0.482 e. The smallest absolute Gasteiger partial charge is 0.344 e. The maximum Gasteiger partial charge on any atom is 0.344 e. The van der Waals surface area contributed by atoms with Crippen molar-refractivity contribution in [2.24, 2.45) is 0 Å². The number of esters is 1. The van der Waals surface area contributed by atoms with Gasteiger partial charge in [-0.05, 0) is 12.1 Å². The first-order valence-corrected chi connectivity index (χ1v) is 5.49. The van der Waals surface area contributed by atoms with Crippen LogP contribution in [0.15, 0.2) is 24.3 Å². The molecule has 5 nitrogen and oxygen atoms in total. The monoisotopic (exact) mass is 237 g/mol. The average Bonchev–Trinajstić information content (AvgIpc) is 2.79. The molecule has 0 radical (unpaired) electrons. The van der Waals surface area contributed by atoms with E-state index in [4.69, 9.17) is 19.9 Å². The first-order valence-electron chi connectivity index (χ1n) is 5.49. The van der Waals surface area contributed by atoms with E-state index in [2.05, 4.69) is 0 Å². The van der Waals surface area contributed by atoms with Gasteiger partial charge in [0.1, 0.15) is 11.9 Å². The Morgan fingerprint density at radius 2 is 2.41 bits per heavy atom. The van der Waals surface area contributed by atoms with E-state index in [-0.39, 0.29) is 18.7 Å². The number of benzene rings is 1. The van der Waals surface area contributed by atoms with E-state index in [1.165, 1.54) is 0 Å². The van der Waals surface area contributed by atoms with Crippen LogP contribution in [0.25, 0.3) is 0 Å². The zero-order valence-corrected chi connectivity index (χ0v) is 9.43. The fraction of sp³-hybridized carbons (Fsp3) is 0.417. The van der Waals surface area contributed by atoms with Crippen molar-refractivity contribution in [3.8, 4) is 5.75 Å². The predicted molar refractivity (Wildman–Crippen MR) is 61.7 cm³/mol. The topological polar surface area (TPSA) is 70.8 Å². The number of carbonyl (C=O) groups excluding carboxylic acids is 1. The minimum atomic E-state index is -0.386. The lowest BCUT2D eigenvalue weighted by Crippen LogP contribution is -2.22. The zero-order chi connectivity index (χ0) is 12.1. The molecule has 92 valence electrons. The average molecular weight is 237 g/mol. The van der Waals surface area contributed by atoms with Gasteiger partial charge in [0.15, 0.2) is 6.61 Å². The second-order valence-corrected chi connectivity index (χ2v) is 3.84. The lowest BCUT2D eigenvalue weighted by molar-refractivity contribution is -0.151. The van der Waals surface area contributed by atoms with E-state index in [1.54, 1.807) is 24.3 Å². The van der Waals surface area contributed by atoms with Gasteiger partial charge in [-0.2, -0.15) is 0 Å². The van der Waals surface area contributed by atoms with E-state index >= 15 is 0 Å². The summed E-state index contributed by atoms with van der Waals surface area (Å²) in [6, 6.07) is 6.91. The molecule has 1 atom stereocenters. The van der Waals surface area contributed by atoms with E-state index in [0.29, 0.717) is 24.7 Å². The number of nitrogen functional groups attached to an aromatic ring is 1. The molecule has 1 aromatic rings. The van der Waals surface area contributed by atoms with Crippen LogP contribution in [0.4, 0.5) is 5.69 Å². The summed E-state index contributed by atoms with van der Waals surface area (Å²) in [4.78, 5) is 11.4. The van der Waals surface area contributed by atoms with E-state index in [1.807, 2.05) is 0 Å². The fourth-order valence-electron chi connectivity index (χ4n) is 1.57. The largest absolute Gasteiger partial charge is 0.482 e. The molecular weight excluding hydrogens is 222 g/mol. The Bertz CT molecular complexity index is 388. The van der Waals surface area contributed by atoms with E-state index in [0.717, 1.165) is 6.42 Å². The standard InChI is InChI=1S/C12H15NO4/c13-9-2-1-3-10(6-9)16-8-12(14)17-11-4-5-15-7-11/h1-3,6,11H,4-5,7-8,13H2. The summed E-state index contributed by atoms with van der Waals surface area (Å²) in [6.45, 7) is 1.01. The van der Waals surface area contributed by atoms with Gasteiger partial charge in [0, 0.05) is 18.2 Å². The molecule has 0 saturated carbocycles. The zero-order valence-electron chi connectivity index (χ0n) is 9.43. The van der Waals surface area contributed by atoms with Crippen LogP contribution in [-0.2, 0) is 14.3 Å². The number of nitrogens with two attached hydrogens (primary N) is 1. The number of rotatable bonds is 4. The molecule has 1 heterocycles. The Labute approximate surface area is 99.5 Å². The third-order valence-electron chi connectivity index (χ3n) is 2.40. The van der Waals surface area contributed by atoms with Crippen molar-refractivity contribution in [1.82, 2.24) is 0 Å². The molecule has 5 heteroatoms. The lowest BCUT2D eigenvalue weighted by atomic mass is 10.3. The van der Waals surface area contributed by atoms with Gasteiger partial charge in [0.2, 0.25) is 0 Å². The van der Waals surface area contributed by atoms with E-state index < -0.39 is 0 Å². The normalized spacial score (nSPS) is 18.9. The quantitative estimate of drug-likeness (QED) is 0.624. The van der Waals surface area contributed by atoms with Gasteiger partial charge in [0.25, 0.3) is 0 Å². The fourth-order valence-corrected chi connectivity index (χ4v) is 1.57. The highest BCUT2D eigenvalue weighted by atomic mass is 16.6. The maximum atomic E-state index is 11.4. The molecule has 1 aromatic carbocycles. The number of hydrogen-bond donors (Lipinski definition) is 1. The van der Waals surface area contributed by atoms with Crippen LogP contribution in [0.5, 0.6) is 5.75 Å². The summed E-state index contributed by atoms with van der Waals surface area (Å²) in [5.41, 5.74) is 6.18. The Balaban J connectivity index is 1.75. The van der Waals surface area contributed by atoms with Crippen molar-refractivity contribution in [2.75, 3.05) is 25.6 Å². The minimum absolute atomic E-state index is 0.111. The summed E-state index contributed by atoms with van der Waals surface area (Å²) < 4.78 is 15.5. The van der Waals surface area contributed by atoms with Crippen molar-refractivity contribution in [1.29, 1.82) is 0 Å². The highest BCUT2D eigenvalue weighted by Gasteiger charge is 2.19. The molecule has 2 N–H and O–H groups in total. The van der Waals surface area contributed by atoms with E-state index in [9.17, 15) is 4.79 Å². The van der Waals surface area contributed by atoms with Crippen LogP contribution in [0.3, 0.4) is 0 Å². The first-order chi connectivity index (χ1) is 8.24. The Kier molecular flexibility index (Phi) is 3.82. The molecule has 0 aliphatic carbocycles. The summed E-state index contributed by atoms with van der Waals surface area (Å²) in [7, 11) is 0. The van der Waals surface area contributed by atoms with Crippen molar-refractivity contribution >= 4 is 11.7 Å². The van der Waals surface area contributed by atoms with Crippen LogP contribution in [0, 0.1) is 0 Å². The Hall–Kier alpha value is -1.75. The van der Waals surface area contributed by atoms with Crippen LogP contribution in [-0.4, -0.2) is 31.9 Å². The summed E-state index contributed by atoms with van der Waals surface area (Å²) in [5.74, 6) is 0.174. The second-order valence-electron chi connectivity index (χ2n) is 3.84. The molecule has 2 rings (SSSR count). The summed E-state index contributed by atoms with van der Waals surface area (Å²) >= 11 is 0. The SMILES string of the molecule is Nc1cccc(OCC(=O)OC2CCOC2)c1. The van der Waals surface area contributed by atoms with Gasteiger partial charge < -0.3 is 19.9 Å². The third kappa shape index (κ3) is 3.64. The van der Waals surface area contributed by atoms with Crippen LogP contribution in [0.2, 0.25) is 0 Å². The van der Waals surface area contributed by atoms with Gasteiger partial charge in [-0.3, -0.25) is 0 Å². The molecule has 1 aliphatic rings. The second kappa shape index (κ2) is 5.54. The van der Waals surface area contributed by atoms with Gasteiger partial charge in [-0.25, -0.2) is 4.79 Å². The number of ether oxygens (including phenoxy) is 3. The molecule has 1 fully saturated rings. The molecule has 0 amide bonds. The molecule has 0 spiro atoms. The highest BCUT2D eigenvalue weighted by molar-refractivity contribution is 5.71.